The zero-order valence-corrected chi connectivity index (χ0v) is 11.4. The summed E-state index contributed by atoms with van der Waals surface area (Å²) in [5, 5.41) is 11.9. The fourth-order valence-corrected chi connectivity index (χ4v) is 2.59. The molecular weight excluding hydrogens is 240 g/mol. The molecule has 0 saturated heterocycles. The number of hydrogen-bond acceptors (Lipinski definition) is 3. The van der Waals surface area contributed by atoms with E-state index >= 15 is 0 Å². The lowest BCUT2D eigenvalue weighted by atomic mass is 9.90. The first-order valence-corrected chi connectivity index (χ1v) is 6.92. The van der Waals surface area contributed by atoms with Crippen molar-refractivity contribution in [3.63, 3.8) is 0 Å². The number of hydrogen-bond donors (Lipinski definition) is 2. The largest absolute Gasteiger partial charge is 0.493 e. The van der Waals surface area contributed by atoms with Crippen LogP contribution in [0, 0.1) is 12.8 Å². The quantitative estimate of drug-likeness (QED) is 0.379. The molecule has 1 aromatic rings. The molecule has 0 bridgehead atoms. The molecule has 0 atom stereocenters. The minimum absolute atomic E-state index is 0.0994. The second-order valence-corrected chi connectivity index (χ2v) is 5.30. The van der Waals surface area contributed by atoms with Gasteiger partial charge in [0.05, 0.1) is 12.2 Å². The van der Waals surface area contributed by atoms with Gasteiger partial charge in [-0.05, 0) is 37.8 Å². The Labute approximate surface area is 114 Å². The van der Waals surface area contributed by atoms with Gasteiger partial charge < -0.3 is 15.7 Å². The Bertz CT molecular complexity index is 451. The van der Waals surface area contributed by atoms with Crippen molar-refractivity contribution < 1.29 is 9.94 Å². The Morgan fingerprint density at radius 3 is 2.79 bits per heavy atom. The monoisotopic (exact) mass is 262 g/mol. The van der Waals surface area contributed by atoms with Gasteiger partial charge in [-0.15, -0.1) is 0 Å². The Hall–Kier alpha value is -1.71. The molecule has 1 saturated carbocycles. The molecule has 4 heteroatoms. The molecule has 0 aliphatic heterocycles. The van der Waals surface area contributed by atoms with Crippen molar-refractivity contribution in [2.45, 2.75) is 39.0 Å². The second kappa shape index (κ2) is 6.45. The van der Waals surface area contributed by atoms with Crippen molar-refractivity contribution in [2.24, 2.45) is 16.8 Å². The van der Waals surface area contributed by atoms with Crippen LogP contribution in [0.1, 0.15) is 43.2 Å². The van der Waals surface area contributed by atoms with Crippen LogP contribution in [0.25, 0.3) is 0 Å². The lowest BCUT2D eigenvalue weighted by Crippen LogP contribution is -2.19. The van der Waals surface area contributed by atoms with Crippen molar-refractivity contribution in [3.8, 4) is 5.75 Å². The first-order chi connectivity index (χ1) is 9.20. The van der Waals surface area contributed by atoms with Crippen molar-refractivity contribution >= 4 is 5.84 Å². The Morgan fingerprint density at radius 1 is 1.37 bits per heavy atom. The lowest BCUT2D eigenvalue weighted by Gasteiger charge is -2.22. The highest BCUT2D eigenvalue weighted by molar-refractivity contribution is 5.99. The molecule has 0 spiro atoms. The predicted octanol–water partition coefficient (Wildman–Crippen LogP) is 3.05. The molecule has 0 radical (unpaired) electrons. The average Bonchev–Trinajstić information content (AvgIpc) is 2.46. The van der Waals surface area contributed by atoms with Crippen LogP contribution in [-0.4, -0.2) is 17.6 Å². The van der Waals surface area contributed by atoms with Gasteiger partial charge in [0.15, 0.2) is 5.84 Å². The number of nitrogens with zero attached hydrogens (tertiary/aromatic N) is 1. The molecule has 104 valence electrons. The fraction of sp³-hybridized carbons (Fsp3) is 0.533. The highest BCUT2D eigenvalue weighted by Crippen LogP contribution is 2.26. The standard InChI is InChI=1S/C15H22N2O2/c1-11-7-8-14(13(9-11)15(16)17-18)19-10-12-5-3-2-4-6-12/h7-9,12,18H,2-6,10H2,1H3,(H2,16,17). The van der Waals surface area contributed by atoms with E-state index in [0.717, 1.165) is 12.2 Å². The minimum atomic E-state index is 0.0994. The van der Waals surface area contributed by atoms with Crippen LogP contribution in [0.3, 0.4) is 0 Å². The Morgan fingerprint density at radius 2 is 2.11 bits per heavy atom. The molecule has 1 aromatic carbocycles. The van der Waals surface area contributed by atoms with Gasteiger partial charge in [0.1, 0.15) is 5.75 Å². The highest BCUT2D eigenvalue weighted by atomic mass is 16.5. The molecule has 3 N–H and O–H groups in total. The number of benzene rings is 1. The van der Waals surface area contributed by atoms with Gasteiger partial charge in [0.25, 0.3) is 0 Å². The molecule has 19 heavy (non-hydrogen) atoms. The number of amidine groups is 1. The van der Waals surface area contributed by atoms with E-state index in [1.807, 2.05) is 25.1 Å². The maximum Gasteiger partial charge on any atom is 0.173 e. The van der Waals surface area contributed by atoms with Crippen LogP contribution < -0.4 is 10.5 Å². The SMILES string of the molecule is Cc1ccc(OCC2CCCCC2)c(/C(N)=N/O)c1. The van der Waals surface area contributed by atoms with Crippen molar-refractivity contribution in [3.05, 3.63) is 29.3 Å². The van der Waals surface area contributed by atoms with Gasteiger partial charge in [0, 0.05) is 0 Å². The third-order valence-corrected chi connectivity index (χ3v) is 3.72. The smallest absolute Gasteiger partial charge is 0.173 e. The van der Waals surface area contributed by atoms with Crippen LogP contribution in [0.15, 0.2) is 23.4 Å². The fourth-order valence-electron chi connectivity index (χ4n) is 2.59. The first-order valence-electron chi connectivity index (χ1n) is 6.92. The van der Waals surface area contributed by atoms with E-state index in [1.165, 1.54) is 32.1 Å². The molecule has 1 aliphatic rings. The normalized spacial score (nSPS) is 17.4. The van der Waals surface area contributed by atoms with E-state index in [-0.39, 0.29) is 5.84 Å². The summed E-state index contributed by atoms with van der Waals surface area (Å²) >= 11 is 0. The summed E-state index contributed by atoms with van der Waals surface area (Å²) in [4.78, 5) is 0. The second-order valence-electron chi connectivity index (χ2n) is 5.30. The molecule has 2 rings (SSSR count). The number of oxime groups is 1. The van der Waals surface area contributed by atoms with Gasteiger partial charge in [0.2, 0.25) is 0 Å². The van der Waals surface area contributed by atoms with Gasteiger partial charge in [-0.3, -0.25) is 0 Å². The van der Waals surface area contributed by atoms with Gasteiger partial charge in [-0.25, -0.2) is 0 Å². The summed E-state index contributed by atoms with van der Waals surface area (Å²) in [5.74, 6) is 1.43. The summed E-state index contributed by atoms with van der Waals surface area (Å²) in [6.07, 6.45) is 6.43. The van der Waals surface area contributed by atoms with E-state index in [0.29, 0.717) is 17.2 Å². The molecular formula is C15H22N2O2. The van der Waals surface area contributed by atoms with Crippen LogP contribution >= 0.6 is 0 Å². The summed E-state index contributed by atoms with van der Waals surface area (Å²) < 4.78 is 5.88. The third kappa shape index (κ3) is 3.63. The van der Waals surface area contributed by atoms with E-state index in [1.54, 1.807) is 0 Å². The number of rotatable bonds is 4. The van der Waals surface area contributed by atoms with Crippen LogP contribution in [0.5, 0.6) is 5.75 Å². The molecule has 0 heterocycles. The number of nitrogens with two attached hydrogens (primary N) is 1. The van der Waals surface area contributed by atoms with E-state index in [4.69, 9.17) is 15.7 Å². The van der Waals surface area contributed by atoms with Crippen molar-refractivity contribution in [1.29, 1.82) is 0 Å². The zero-order valence-electron chi connectivity index (χ0n) is 11.4. The van der Waals surface area contributed by atoms with Crippen molar-refractivity contribution in [1.82, 2.24) is 0 Å². The number of aryl methyl sites for hydroxylation is 1. The van der Waals surface area contributed by atoms with Crippen molar-refractivity contribution in [2.75, 3.05) is 6.61 Å². The zero-order chi connectivity index (χ0) is 13.7. The summed E-state index contributed by atoms with van der Waals surface area (Å²) in [6, 6.07) is 5.75. The predicted molar refractivity (Wildman–Crippen MR) is 75.8 cm³/mol. The van der Waals surface area contributed by atoms with Gasteiger partial charge in [-0.1, -0.05) is 36.0 Å². The average molecular weight is 262 g/mol. The van der Waals surface area contributed by atoms with E-state index in [2.05, 4.69) is 5.16 Å². The van der Waals surface area contributed by atoms with Gasteiger partial charge in [-0.2, -0.15) is 0 Å². The van der Waals surface area contributed by atoms with Crippen LogP contribution in [-0.2, 0) is 0 Å². The summed E-state index contributed by atoms with van der Waals surface area (Å²) in [7, 11) is 0. The number of ether oxygens (including phenoxy) is 1. The molecule has 4 nitrogen and oxygen atoms in total. The molecule has 1 aliphatic carbocycles. The highest BCUT2D eigenvalue weighted by Gasteiger charge is 2.15. The lowest BCUT2D eigenvalue weighted by molar-refractivity contribution is 0.208. The molecule has 1 fully saturated rings. The summed E-state index contributed by atoms with van der Waals surface area (Å²) in [6.45, 7) is 2.69. The van der Waals surface area contributed by atoms with Gasteiger partial charge >= 0.3 is 0 Å². The molecule has 0 amide bonds. The van der Waals surface area contributed by atoms with Crippen LogP contribution in [0.4, 0.5) is 0 Å². The van der Waals surface area contributed by atoms with Crippen LogP contribution in [0.2, 0.25) is 0 Å². The van der Waals surface area contributed by atoms with E-state index in [9.17, 15) is 0 Å². The third-order valence-electron chi connectivity index (χ3n) is 3.72. The molecule has 0 unspecified atom stereocenters. The minimum Gasteiger partial charge on any atom is -0.493 e. The molecule has 0 aromatic heterocycles. The Kier molecular flexibility index (Phi) is 4.66. The topological polar surface area (TPSA) is 67.8 Å². The first kappa shape index (κ1) is 13.7. The summed E-state index contributed by atoms with van der Waals surface area (Å²) in [5.41, 5.74) is 7.42. The van der Waals surface area contributed by atoms with E-state index < -0.39 is 0 Å². The maximum absolute atomic E-state index is 8.83. The maximum atomic E-state index is 8.83. The Balaban J connectivity index is 2.06.